The second-order valence-electron chi connectivity index (χ2n) is 3.88. The lowest BCUT2D eigenvalue weighted by Gasteiger charge is -2.10. The molecule has 0 atom stereocenters. The van der Waals surface area contributed by atoms with Crippen LogP contribution in [0.4, 0.5) is 5.69 Å². The molecule has 2 rings (SSSR count). The molecule has 0 heterocycles. The first-order valence-electron chi connectivity index (χ1n) is 5.77. The number of rotatable bonds is 5. The third-order valence-corrected chi connectivity index (χ3v) is 2.70. The summed E-state index contributed by atoms with van der Waals surface area (Å²) in [4.78, 5) is 11.0. The molecule has 0 aliphatic heterocycles. The van der Waals surface area contributed by atoms with Gasteiger partial charge in [-0.15, -0.1) is 0 Å². The van der Waals surface area contributed by atoms with Gasteiger partial charge in [0, 0.05) is 23.9 Å². The summed E-state index contributed by atoms with van der Waals surface area (Å²) in [7, 11) is 1.84. The first-order chi connectivity index (χ1) is 8.83. The van der Waals surface area contributed by atoms with Gasteiger partial charge in [-0.2, -0.15) is 0 Å². The lowest BCUT2D eigenvalue weighted by atomic mass is 10.1. The molecule has 0 unspecified atom stereocenters. The van der Waals surface area contributed by atoms with Gasteiger partial charge >= 0.3 is 0 Å². The van der Waals surface area contributed by atoms with Gasteiger partial charge in [0.15, 0.2) is 0 Å². The van der Waals surface area contributed by atoms with Crippen LogP contribution < -0.4 is 10.1 Å². The summed E-state index contributed by atoms with van der Waals surface area (Å²) in [6.45, 7) is 0.383. The summed E-state index contributed by atoms with van der Waals surface area (Å²) >= 11 is 0. The highest BCUT2D eigenvalue weighted by Crippen LogP contribution is 2.17. The van der Waals surface area contributed by atoms with E-state index in [4.69, 9.17) is 4.74 Å². The number of para-hydroxylation sites is 1. The van der Waals surface area contributed by atoms with Gasteiger partial charge in [0.1, 0.15) is 18.6 Å². The van der Waals surface area contributed by atoms with Crippen molar-refractivity contribution in [2.45, 2.75) is 6.61 Å². The van der Waals surface area contributed by atoms with E-state index in [1.54, 1.807) is 6.07 Å². The van der Waals surface area contributed by atoms with E-state index in [0.29, 0.717) is 12.2 Å². The van der Waals surface area contributed by atoms with Crippen molar-refractivity contribution in [3.05, 3.63) is 59.7 Å². The smallest absolute Gasteiger partial charge is 0.150 e. The normalized spacial score (nSPS) is 9.83. The van der Waals surface area contributed by atoms with Crippen LogP contribution in [0.1, 0.15) is 15.9 Å². The van der Waals surface area contributed by atoms with Gasteiger partial charge in [-0.05, 0) is 30.3 Å². The highest BCUT2D eigenvalue weighted by atomic mass is 16.5. The van der Waals surface area contributed by atoms with E-state index in [1.165, 1.54) is 0 Å². The SMILES string of the molecule is CNc1ccc(C=O)c(COc2ccccc2)c1. The van der Waals surface area contributed by atoms with Crippen molar-refractivity contribution in [2.75, 3.05) is 12.4 Å². The fourth-order valence-corrected chi connectivity index (χ4v) is 1.68. The summed E-state index contributed by atoms with van der Waals surface area (Å²) < 4.78 is 5.65. The standard InChI is InChI=1S/C15H15NO2/c1-16-14-8-7-12(10-17)13(9-14)11-18-15-5-3-2-4-6-15/h2-10,16H,11H2,1H3. The molecular formula is C15H15NO2. The molecule has 0 radical (unpaired) electrons. The van der Waals surface area contributed by atoms with Gasteiger partial charge in [0.05, 0.1) is 0 Å². The molecule has 0 aliphatic carbocycles. The molecule has 3 heteroatoms. The van der Waals surface area contributed by atoms with Gasteiger partial charge in [0.25, 0.3) is 0 Å². The minimum atomic E-state index is 0.383. The maximum Gasteiger partial charge on any atom is 0.150 e. The van der Waals surface area contributed by atoms with Crippen LogP contribution in [0.15, 0.2) is 48.5 Å². The van der Waals surface area contributed by atoms with Crippen LogP contribution >= 0.6 is 0 Å². The van der Waals surface area contributed by atoms with Crippen LogP contribution in [0, 0.1) is 0 Å². The lowest BCUT2D eigenvalue weighted by Crippen LogP contribution is -2.01. The molecule has 0 aromatic heterocycles. The first-order valence-corrected chi connectivity index (χ1v) is 5.77. The van der Waals surface area contributed by atoms with Crippen molar-refractivity contribution in [3.8, 4) is 5.75 Å². The number of hydrogen-bond acceptors (Lipinski definition) is 3. The third-order valence-electron chi connectivity index (χ3n) is 2.70. The van der Waals surface area contributed by atoms with Gasteiger partial charge in [0.2, 0.25) is 0 Å². The number of benzene rings is 2. The molecule has 2 aromatic rings. The van der Waals surface area contributed by atoms with Crippen LogP contribution in [0.5, 0.6) is 5.75 Å². The van der Waals surface area contributed by atoms with E-state index in [0.717, 1.165) is 23.3 Å². The quantitative estimate of drug-likeness (QED) is 0.817. The van der Waals surface area contributed by atoms with Crippen molar-refractivity contribution in [1.82, 2.24) is 0 Å². The summed E-state index contributed by atoms with van der Waals surface area (Å²) in [5.41, 5.74) is 2.50. The average Bonchev–Trinajstić information content (AvgIpc) is 2.45. The zero-order valence-corrected chi connectivity index (χ0v) is 10.2. The second-order valence-corrected chi connectivity index (χ2v) is 3.88. The Labute approximate surface area is 106 Å². The summed E-state index contributed by atoms with van der Waals surface area (Å²) in [6, 6.07) is 15.1. The molecule has 1 N–H and O–H groups in total. The van der Waals surface area contributed by atoms with E-state index >= 15 is 0 Å². The topological polar surface area (TPSA) is 38.3 Å². The lowest BCUT2D eigenvalue weighted by molar-refractivity contribution is 0.112. The maximum absolute atomic E-state index is 11.0. The molecule has 0 saturated heterocycles. The van der Waals surface area contributed by atoms with E-state index in [2.05, 4.69) is 5.32 Å². The number of nitrogens with one attached hydrogen (secondary N) is 1. The molecular weight excluding hydrogens is 226 g/mol. The van der Waals surface area contributed by atoms with Crippen molar-refractivity contribution in [1.29, 1.82) is 0 Å². The molecule has 2 aromatic carbocycles. The molecule has 18 heavy (non-hydrogen) atoms. The molecule has 3 nitrogen and oxygen atoms in total. The fraction of sp³-hybridized carbons (Fsp3) is 0.133. The predicted molar refractivity (Wildman–Crippen MR) is 72.2 cm³/mol. The number of ether oxygens (including phenoxy) is 1. The van der Waals surface area contributed by atoms with Crippen molar-refractivity contribution in [2.24, 2.45) is 0 Å². The number of carbonyl (C=O) groups excluding carboxylic acids is 1. The number of carbonyl (C=O) groups is 1. The Morgan fingerprint density at radius 1 is 1.17 bits per heavy atom. The van der Waals surface area contributed by atoms with E-state index in [9.17, 15) is 4.79 Å². The van der Waals surface area contributed by atoms with Crippen LogP contribution in [0.2, 0.25) is 0 Å². The highest BCUT2D eigenvalue weighted by Gasteiger charge is 2.04. The average molecular weight is 241 g/mol. The Kier molecular flexibility index (Phi) is 3.97. The predicted octanol–water partition coefficient (Wildman–Crippen LogP) is 3.12. The zero-order chi connectivity index (χ0) is 12.8. The monoisotopic (exact) mass is 241 g/mol. The maximum atomic E-state index is 11.0. The molecule has 0 bridgehead atoms. The van der Waals surface area contributed by atoms with Crippen molar-refractivity contribution in [3.63, 3.8) is 0 Å². The Morgan fingerprint density at radius 2 is 1.94 bits per heavy atom. The minimum Gasteiger partial charge on any atom is -0.489 e. The molecule has 0 saturated carbocycles. The molecule has 92 valence electrons. The van der Waals surface area contributed by atoms with Crippen LogP contribution in [0.3, 0.4) is 0 Å². The van der Waals surface area contributed by atoms with Crippen LogP contribution in [-0.4, -0.2) is 13.3 Å². The molecule has 0 spiro atoms. The molecule has 0 fully saturated rings. The summed E-state index contributed by atoms with van der Waals surface area (Å²) in [5.74, 6) is 0.796. The van der Waals surface area contributed by atoms with Gasteiger partial charge < -0.3 is 10.1 Å². The van der Waals surface area contributed by atoms with Gasteiger partial charge in [-0.3, -0.25) is 4.79 Å². The fourth-order valence-electron chi connectivity index (χ4n) is 1.68. The summed E-state index contributed by atoms with van der Waals surface area (Å²) in [6.07, 6.45) is 0.850. The Balaban J connectivity index is 2.15. The number of aldehydes is 1. The van der Waals surface area contributed by atoms with Crippen LogP contribution in [-0.2, 0) is 6.61 Å². The van der Waals surface area contributed by atoms with E-state index < -0.39 is 0 Å². The van der Waals surface area contributed by atoms with Gasteiger partial charge in [-0.1, -0.05) is 18.2 Å². The van der Waals surface area contributed by atoms with E-state index in [1.807, 2.05) is 49.5 Å². The highest BCUT2D eigenvalue weighted by molar-refractivity contribution is 5.78. The van der Waals surface area contributed by atoms with Crippen molar-refractivity contribution >= 4 is 12.0 Å². The number of anilines is 1. The molecule has 0 aliphatic rings. The van der Waals surface area contributed by atoms with Crippen LogP contribution in [0.25, 0.3) is 0 Å². The van der Waals surface area contributed by atoms with Gasteiger partial charge in [-0.25, -0.2) is 0 Å². The van der Waals surface area contributed by atoms with Crippen molar-refractivity contribution < 1.29 is 9.53 Å². The summed E-state index contributed by atoms with van der Waals surface area (Å²) in [5, 5.41) is 3.05. The zero-order valence-electron chi connectivity index (χ0n) is 10.2. The molecule has 0 amide bonds. The third kappa shape index (κ3) is 2.88. The van der Waals surface area contributed by atoms with E-state index in [-0.39, 0.29) is 0 Å². The Bertz CT molecular complexity index is 523. The Hall–Kier alpha value is -2.29. The Morgan fingerprint density at radius 3 is 2.61 bits per heavy atom. The number of hydrogen-bond donors (Lipinski definition) is 1. The second kappa shape index (κ2) is 5.87. The first kappa shape index (κ1) is 12.2. The minimum absolute atomic E-state index is 0.383. The largest absolute Gasteiger partial charge is 0.489 e.